The Morgan fingerprint density at radius 3 is 2.44 bits per heavy atom. The van der Waals surface area contributed by atoms with Gasteiger partial charge in [-0.1, -0.05) is 0 Å². The number of aliphatic carboxylic acids is 1. The second-order valence-electron chi connectivity index (χ2n) is 5.60. The Hall–Kier alpha value is -2.77. The number of nitrogens with zero attached hydrogens (tertiary/aromatic N) is 2. The molecule has 1 aromatic heterocycles. The number of carbonyl (C=O) groups is 2. The first-order valence-corrected chi connectivity index (χ1v) is 7.73. The van der Waals surface area contributed by atoms with Crippen LogP contribution in [0.1, 0.15) is 33.7 Å². The molecule has 25 heavy (non-hydrogen) atoms. The first-order chi connectivity index (χ1) is 11.8. The van der Waals surface area contributed by atoms with Crippen molar-refractivity contribution in [1.82, 2.24) is 15.1 Å². The Balaban J connectivity index is 2.18. The molecule has 0 atom stereocenters. The van der Waals surface area contributed by atoms with Gasteiger partial charge in [-0.25, -0.2) is 13.5 Å². The van der Waals surface area contributed by atoms with Gasteiger partial charge in [0.25, 0.3) is 12.3 Å². The molecule has 0 radical (unpaired) electrons. The lowest BCUT2D eigenvalue weighted by molar-refractivity contribution is -0.136. The van der Waals surface area contributed by atoms with Crippen molar-refractivity contribution in [3.63, 3.8) is 0 Å². The van der Waals surface area contributed by atoms with E-state index >= 15 is 0 Å². The summed E-state index contributed by atoms with van der Waals surface area (Å²) >= 11 is 0. The second-order valence-corrected chi connectivity index (χ2v) is 5.60. The molecule has 1 aromatic carbocycles. The van der Waals surface area contributed by atoms with Crippen molar-refractivity contribution >= 4 is 11.9 Å². The van der Waals surface area contributed by atoms with Gasteiger partial charge in [0.2, 0.25) is 0 Å². The van der Waals surface area contributed by atoms with Crippen LogP contribution in [0.25, 0.3) is 5.69 Å². The quantitative estimate of drug-likeness (QED) is 0.803. The van der Waals surface area contributed by atoms with Crippen LogP contribution in [0.15, 0.2) is 24.3 Å². The van der Waals surface area contributed by atoms with Crippen LogP contribution in [0.2, 0.25) is 0 Å². The Morgan fingerprint density at radius 2 is 1.88 bits per heavy atom. The molecule has 1 heterocycles. The summed E-state index contributed by atoms with van der Waals surface area (Å²) in [6.07, 6.45) is -2.18. The maximum absolute atomic E-state index is 12.1. The SMILES string of the molecule is Cc1nn(-c2ccc(C(=O)NCC(F)F)cc2)c(C)c1CCC(=O)O. The number of hydrogen-bond donors (Lipinski definition) is 2. The summed E-state index contributed by atoms with van der Waals surface area (Å²) in [5, 5.41) is 15.4. The minimum Gasteiger partial charge on any atom is -0.481 e. The summed E-state index contributed by atoms with van der Waals surface area (Å²) < 4.78 is 25.9. The molecular weight excluding hydrogens is 332 g/mol. The maximum atomic E-state index is 12.1. The van der Waals surface area contributed by atoms with E-state index in [9.17, 15) is 18.4 Å². The van der Waals surface area contributed by atoms with Crippen LogP contribution in [0, 0.1) is 13.8 Å². The molecule has 1 amide bonds. The Bertz CT molecular complexity index is 770. The van der Waals surface area contributed by atoms with Gasteiger partial charge in [0, 0.05) is 17.7 Å². The summed E-state index contributed by atoms with van der Waals surface area (Å²) in [5.74, 6) is -1.44. The summed E-state index contributed by atoms with van der Waals surface area (Å²) in [4.78, 5) is 22.5. The van der Waals surface area contributed by atoms with E-state index in [2.05, 4.69) is 10.4 Å². The highest BCUT2D eigenvalue weighted by molar-refractivity contribution is 5.94. The fourth-order valence-electron chi connectivity index (χ4n) is 2.55. The molecule has 0 aliphatic heterocycles. The van der Waals surface area contributed by atoms with Crippen molar-refractivity contribution in [2.45, 2.75) is 33.1 Å². The maximum Gasteiger partial charge on any atom is 0.303 e. The molecule has 0 saturated heterocycles. The molecule has 2 aromatic rings. The minimum absolute atomic E-state index is 0.0244. The second kappa shape index (κ2) is 7.87. The molecule has 6 nitrogen and oxygen atoms in total. The summed E-state index contributed by atoms with van der Waals surface area (Å²) in [6.45, 7) is 2.97. The zero-order valence-corrected chi connectivity index (χ0v) is 13.9. The van der Waals surface area contributed by atoms with Crippen molar-refractivity contribution in [3.05, 3.63) is 46.8 Å². The number of alkyl halides is 2. The molecular formula is C17H19F2N3O3. The standard InChI is InChI=1S/C17H19F2N3O3/c1-10-14(7-8-16(23)24)11(2)22(21-10)13-5-3-12(4-6-13)17(25)20-9-15(18)19/h3-6,15H,7-9H2,1-2H3,(H,20,25)(H,23,24). The highest BCUT2D eigenvalue weighted by Crippen LogP contribution is 2.20. The molecule has 0 fully saturated rings. The number of carboxylic acid groups (broad SMARTS) is 1. The van der Waals surface area contributed by atoms with Gasteiger partial charge in [0.1, 0.15) is 0 Å². The van der Waals surface area contributed by atoms with Gasteiger partial charge in [-0.05, 0) is 50.1 Å². The van der Waals surface area contributed by atoms with Gasteiger partial charge in [-0.2, -0.15) is 5.10 Å². The van der Waals surface area contributed by atoms with Crippen LogP contribution < -0.4 is 5.32 Å². The molecule has 134 valence electrons. The number of hydrogen-bond acceptors (Lipinski definition) is 3. The predicted molar refractivity (Wildman–Crippen MR) is 87.3 cm³/mol. The van der Waals surface area contributed by atoms with Crippen molar-refractivity contribution in [1.29, 1.82) is 0 Å². The predicted octanol–water partition coefficient (Wildman–Crippen LogP) is 2.50. The van der Waals surface area contributed by atoms with Crippen LogP contribution in [0.5, 0.6) is 0 Å². The molecule has 0 saturated carbocycles. The van der Waals surface area contributed by atoms with E-state index in [1.54, 1.807) is 16.8 Å². The fourth-order valence-corrected chi connectivity index (χ4v) is 2.55. The smallest absolute Gasteiger partial charge is 0.303 e. The van der Waals surface area contributed by atoms with E-state index < -0.39 is 24.8 Å². The number of carbonyl (C=O) groups excluding carboxylic acids is 1. The minimum atomic E-state index is -2.60. The summed E-state index contributed by atoms with van der Waals surface area (Å²) in [5.41, 5.74) is 3.43. The first kappa shape index (κ1) is 18.6. The van der Waals surface area contributed by atoms with E-state index in [4.69, 9.17) is 5.11 Å². The van der Waals surface area contributed by atoms with Crippen molar-refractivity contribution < 1.29 is 23.5 Å². The number of rotatable bonds is 7. The molecule has 0 aliphatic rings. The van der Waals surface area contributed by atoms with Crippen LogP contribution in [0.4, 0.5) is 8.78 Å². The summed E-state index contributed by atoms with van der Waals surface area (Å²) in [6, 6.07) is 6.39. The monoisotopic (exact) mass is 351 g/mol. The van der Waals surface area contributed by atoms with Gasteiger partial charge in [0.15, 0.2) is 0 Å². The Labute approximate surface area is 143 Å². The van der Waals surface area contributed by atoms with Crippen LogP contribution in [-0.4, -0.2) is 39.7 Å². The average molecular weight is 351 g/mol. The van der Waals surface area contributed by atoms with Gasteiger partial charge in [0.05, 0.1) is 17.9 Å². The zero-order valence-electron chi connectivity index (χ0n) is 13.9. The third kappa shape index (κ3) is 4.62. The third-order valence-electron chi connectivity index (χ3n) is 3.82. The topological polar surface area (TPSA) is 84.2 Å². The third-order valence-corrected chi connectivity index (χ3v) is 3.82. The van der Waals surface area contributed by atoms with E-state index in [1.807, 2.05) is 13.8 Å². The van der Waals surface area contributed by atoms with Crippen molar-refractivity contribution in [3.8, 4) is 5.69 Å². The number of carboxylic acids is 1. The lowest BCUT2D eigenvalue weighted by Crippen LogP contribution is -2.28. The average Bonchev–Trinajstić information content (AvgIpc) is 2.85. The molecule has 0 aliphatic carbocycles. The molecule has 0 spiro atoms. The molecule has 2 rings (SSSR count). The lowest BCUT2D eigenvalue weighted by Gasteiger charge is -2.08. The molecule has 0 unspecified atom stereocenters. The number of aryl methyl sites for hydroxylation is 1. The fraction of sp³-hybridized carbons (Fsp3) is 0.353. The zero-order chi connectivity index (χ0) is 18.6. The lowest BCUT2D eigenvalue weighted by atomic mass is 10.1. The highest BCUT2D eigenvalue weighted by atomic mass is 19.3. The number of nitrogens with one attached hydrogen (secondary N) is 1. The number of aromatic nitrogens is 2. The van der Waals surface area contributed by atoms with Gasteiger partial charge in [-0.3, -0.25) is 9.59 Å². The summed E-state index contributed by atoms with van der Waals surface area (Å²) in [7, 11) is 0. The Morgan fingerprint density at radius 1 is 1.24 bits per heavy atom. The van der Waals surface area contributed by atoms with Crippen molar-refractivity contribution in [2.24, 2.45) is 0 Å². The molecule has 0 bridgehead atoms. The number of benzene rings is 1. The van der Waals surface area contributed by atoms with Gasteiger partial charge < -0.3 is 10.4 Å². The van der Waals surface area contributed by atoms with E-state index in [-0.39, 0.29) is 12.0 Å². The largest absolute Gasteiger partial charge is 0.481 e. The van der Waals surface area contributed by atoms with E-state index in [0.717, 1.165) is 17.0 Å². The highest BCUT2D eigenvalue weighted by Gasteiger charge is 2.15. The van der Waals surface area contributed by atoms with Crippen LogP contribution in [-0.2, 0) is 11.2 Å². The van der Waals surface area contributed by atoms with Crippen molar-refractivity contribution in [2.75, 3.05) is 6.54 Å². The van der Waals surface area contributed by atoms with Gasteiger partial charge in [-0.15, -0.1) is 0 Å². The first-order valence-electron chi connectivity index (χ1n) is 7.73. The van der Waals surface area contributed by atoms with E-state index in [0.29, 0.717) is 12.1 Å². The normalized spacial score (nSPS) is 10.9. The number of halogens is 2. The Kier molecular flexibility index (Phi) is 5.84. The molecule has 2 N–H and O–H groups in total. The van der Waals surface area contributed by atoms with E-state index in [1.165, 1.54) is 12.1 Å². The van der Waals surface area contributed by atoms with Crippen LogP contribution >= 0.6 is 0 Å². The van der Waals surface area contributed by atoms with Gasteiger partial charge >= 0.3 is 5.97 Å². The molecule has 8 heteroatoms. The number of amides is 1. The van der Waals surface area contributed by atoms with Crippen LogP contribution in [0.3, 0.4) is 0 Å².